The summed E-state index contributed by atoms with van der Waals surface area (Å²) in [6.07, 6.45) is -1.04. The molecule has 3 amide bonds. The zero-order valence-electron chi connectivity index (χ0n) is 11.2. The summed E-state index contributed by atoms with van der Waals surface area (Å²) in [5.41, 5.74) is 4.82. The number of nitrogens with two attached hydrogens (primary N) is 1. The lowest BCUT2D eigenvalue weighted by atomic mass is 10.2. The van der Waals surface area contributed by atoms with Crippen molar-refractivity contribution in [1.82, 2.24) is 5.32 Å². The van der Waals surface area contributed by atoms with Gasteiger partial charge in [0.15, 0.2) is 17.6 Å². The third kappa shape index (κ3) is 4.35. The smallest absolute Gasteiger partial charge is 0.335 e. The zero-order chi connectivity index (χ0) is 16.2. The molecule has 0 fully saturated rings. The van der Waals surface area contributed by atoms with E-state index in [9.17, 15) is 14.4 Å². The van der Waals surface area contributed by atoms with Crippen LogP contribution in [0.4, 0.5) is 4.79 Å². The number of carbonyl (C=O) groups excluding carboxylic acids is 2. The van der Waals surface area contributed by atoms with Crippen LogP contribution in [-0.4, -0.2) is 36.2 Å². The number of imide groups is 1. The molecule has 8 nitrogen and oxygen atoms in total. The Morgan fingerprint density at radius 1 is 1.38 bits per heavy atom. The highest BCUT2D eigenvalue weighted by Gasteiger charge is 2.21. The molecule has 1 rings (SSSR count). The number of carboxylic acid groups (broad SMARTS) is 1. The number of benzene rings is 1. The molecular weight excluding hydrogens is 348 g/mol. The van der Waals surface area contributed by atoms with Gasteiger partial charge in [0.2, 0.25) is 0 Å². The van der Waals surface area contributed by atoms with Gasteiger partial charge in [-0.25, -0.2) is 9.59 Å². The number of hydrogen-bond donors (Lipinski definition) is 3. The lowest BCUT2D eigenvalue weighted by Crippen LogP contribution is -2.42. The average molecular weight is 361 g/mol. The maximum absolute atomic E-state index is 11.6. The van der Waals surface area contributed by atoms with Crippen LogP contribution in [0.15, 0.2) is 16.6 Å². The van der Waals surface area contributed by atoms with Crippen LogP contribution >= 0.6 is 15.9 Å². The van der Waals surface area contributed by atoms with Gasteiger partial charge >= 0.3 is 12.0 Å². The van der Waals surface area contributed by atoms with Crippen molar-refractivity contribution in [2.45, 2.75) is 13.0 Å². The summed E-state index contributed by atoms with van der Waals surface area (Å²) in [5, 5.41) is 10.8. The van der Waals surface area contributed by atoms with Crippen LogP contribution in [0.2, 0.25) is 0 Å². The average Bonchev–Trinajstić information content (AvgIpc) is 2.39. The summed E-state index contributed by atoms with van der Waals surface area (Å²) in [6, 6.07) is 1.56. The third-order valence-electron chi connectivity index (χ3n) is 2.39. The Morgan fingerprint density at radius 3 is 2.48 bits per heavy atom. The number of nitrogens with one attached hydrogen (secondary N) is 1. The number of carboxylic acids is 1. The molecule has 1 aromatic carbocycles. The third-order valence-corrected chi connectivity index (χ3v) is 2.98. The first kappa shape index (κ1) is 16.8. The van der Waals surface area contributed by atoms with Crippen molar-refractivity contribution in [3.8, 4) is 11.5 Å². The van der Waals surface area contributed by atoms with Gasteiger partial charge in [-0.2, -0.15) is 0 Å². The van der Waals surface area contributed by atoms with Gasteiger partial charge in [-0.3, -0.25) is 10.1 Å². The lowest BCUT2D eigenvalue weighted by Gasteiger charge is -2.17. The second-order valence-corrected chi connectivity index (χ2v) is 4.76. The van der Waals surface area contributed by atoms with Crippen molar-refractivity contribution in [3.05, 3.63) is 22.2 Å². The number of ether oxygens (including phenoxy) is 2. The minimum Gasteiger partial charge on any atom is -0.493 e. The van der Waals surface area contributed by atoms with Crippen molar-refractivity contribution in [2.24, 2.45) is 5.73 Å². The summed E-state index contributed by atoms with van der Waals surface area (Å²) in [5.74, 6) is -1.62. The van der Waals surface area contributed by atoms with Crippen molar-refractivity contribution < 1.29 is 29.0 Å². The van der Waals surface area contributed by atoms with E-state index in [0.29, 0.717) is 0 Å². The number of hydrogen-bond acceptors (Lipinski definition) is 5. The predicted octanol–water partition coefficient (Wildman–Crippen LogP) is 1.12. The molecule has 0 heterocycles. The molecule has 0 radical (unpaired) electrons. The maximum Gasteiger partial charge on any atom is 0.335 e. The van der Waals surface area contributed by atoms with E-state index in [1.807, 2.05) is 5.32 Å². The molecule has 1 atom stereocenters. The van der Waals surface area contributed by atoms with Crippen LogP contribution < -0.4 is 20.5 Å². The van der Waals surface area contributed by atoms with E-state index in [1.165, 1.54) is 26.2 Å². The number of rotatable bonds is 5. The highest BCUT2D eigenvalue weighted by atomic mass is 79.9. The van der Waals surface area contributed by atoms with Crippen LogP contribution in [0.25, 0.3) is 0 Å². The van der Waals surface area contributed by atoms with Crippen molar-refractivity contribution in [1.29, 1.82) is 0 Å². The van der Waals surface area contributed by atoms with E-state index >= 15 is 0 Å². The quantitative estimate of drug-likeness (QED) is 0.721. The summed E-state index contributed by atoms with van der Waals surface area (Å²) in [4.78, 5) is 33.1. The number of methoxy groups -OCH3 is 1. The molecule has 0 bridgehead atoms. The van der Waals surface area contributed by atoms with Crippen LogP contribution in [0.5, 0.6) is 11.5 Å². The zero-order valence-corrected chi connectivity index (χ0v) is 12.8. The second kappa shape index (κ2) is 6.93. The Bertz CT molecular complexity index is 589. The van der Waals surface area contributed by atoms with E-state index in [4.69, 9.17) is 20.3 Å². The molecule has 0 aliphatic rings. The molecule has 0 aliphatic heterocycles. The van der Waals surface area contributed by atoms with E-state index in [0.717, 1.165) is 0 Å². The molecule has 0 saturated carbocycles. The molecule has 9 heteroatoms. The molecule has 0 saturated heterocycles. The highest BCUT2D eigenvalue weighted by molar-refractivity contribution is 9.10. The van der Waals surface area contributed by atoms with Crippen LogP contribution in [0.1, 0.15) is 17.3 Å². The number of halogens is 1. The summed E-state index contributed by atoms with van der Waals surface area (Å²) in [7, 11) is 1.33. The first-order valence-electron chi connectivity index (χ1n) is 5.64. The van der Waals surface area contributed by atoms with Crippen molar-refractivity contribution in [3.63, 3.8) is 0 Å². The molecule has 21 heavy (non-hydrogen) atoms. The van der Waals surface area contributed by atoms with Crippen LogP contribution in [0, 0.1) is 0 Å². The fraction of sp³-hybridized carbons (Fsp3) is 0.250. The van der Waals surface area contributed by atoms with E-state index < -0.39 is 24.0 Å². The molecule has 0 aromatic heterocycles. The largest absolute Gasteiger partial charge is 0.493 e. The van der Waals surface area contributed by atoms with Gasteiger partial charge in [0.05, 0.1) is 17.1 Å². The summed E-state index contributed by atoms with van der Waals surface area (Å²) in [6.45, 7) is 1.40. The SMILES string of the molecule is COc1cc(C(=O)O)cc(Br)c1OC(C)C(=O)NC(N)=O. The lowest BCUT2D eigenvalue weighted by molar-refractivity contribution is -0.126. The molecule has 0 spiro atoms. The molecular formula is C12H13BrN2O6. The number of amides is 3. The highest BCUT2D eigenvalue weighted by Crippen LogP contribution is 2.37. The molecule has 0 aliphatic carbocycles. The molecule has 1 aromatic rings. The summed E-state index contributed by atoms with van der Waals surface area (Å²) < 4.78 is 10.7. The number of aromatic carboxylic acids is 1. The number of primary amides is 1. The van der Waals surface area contributed by atoms with Crippen molar-refractivity contribution >= 4 is 33.8 Å². The van der Waals surface area contributed by atoms with Gasteiger partial charge in [-0.1, -0.05) is 0 Å². The Hall–Kier alpha value is -2.29. The fourth-order valence-corrected chi connectivity index (χ4v) is 1.95. The number of carbonyl (C=O) groups is 3. The summed E-state index contributed by atoms with van der Waals surface area (Å²) >= 11 is 3.14. The first-order chi connectivity index (χ1) is 9.76. The van der Waals surface area contributed by atoms with Crippen LogP contribution in [-0.2, 0) is 4.79 Å². The second-order valence-electron chi connectivity index (χ2n) is 3.91. The Kier molecular flexibility index (Phi) is 5.53. The number of urea groups is 1. The minimum atomic E-state index is -1.14. The van der Waals surface area contributed by atoms with Gasteiger partial charge in [0.1, 0.15) is 0 Å². The molecule has 1 unspecified atom stereocenters. The van der Waals surface area contributed by atoms with E-state index in [-0.39, 0.29) is 21.5 Å². The molecule has 4 N–H and O–H groups in total. The van der Waals surface area contributed by atoms with Gasteiger partial charge in [-0.05, 0) is 35.0 Å². The van der Waals surface area contributed by atoms with Gasteiger partial charge in [0.25, 0.3) is 5.91 Å². The topological polar surface area (TPSA) is 128 Å². The Morgan fingerprint density at radius 2 is 2.00 bits per heavy atom. The fourth-order valence-electron chi connectivity index (χ4n) is 1.41. The van der Waals surface area contributed by atoms with E-state index in [1.54, 1.807) is 0 Å². The van der Waals surface area contributed by atoms with Crippen molar-refractivity contribution in [2.75, 3.05) is 7.11 Å². The Balaban J connectivity index is 3.05. The predicted molar refractivity (Wildman–Crippen MR) is 75.5 cm³/mol. The van der Waals surface area contributed by atoms with Crippen LogP contribution in [0.3, 0.4) is 0 Å². The van der Waals surface area contributed by atoms with Gasteiger partial charge < -0.3 is 20.3 Å². The monoisotopic (exact) mass is 360 g/mol. The van der Waals surface area contributed by atoms with Gasteiger partial charge in [-0.15, -0.1) is 0 Å². The minimum absolute atomic E-state index is 0.0136. The maximum atomic E-state index is 11.6. The molecule has 114 valence electrons. The standard InChI is InChI=1S/C12H13BrN2O6/c1-5(10(16)15-12(14)19)21-9-7(13)3-6(11(17)18)4-8(9)20-2/h3-5H,1-2H3,(H,17,18)(H3,14,15,16,19). The Labute approximate surface area is 128 Å². The normalized spacial score (nSPS) is 11.4. The van der Waals surface area contributed by atoms with E-state index in [2.05, 4.69) is 15.9 Å². The van der Waals surface area contributed by atoms with Gasteiger partial charge in [0, 0.05) is 0 Å². The first-order valence-corrected chi connectivity index (χ1v) is 6.43.